The number of alkyl halides is 3. The third kappa shape index (κ3) is 5.08. The largest absolute Gasteiger partial charge is 0.416 e. The van der Waals surface area contributed by atoms with E-state index in [2.05, 4.69) is 10.2 Å². The number of nitrogens with zero attached hydrogens (tertiary/aromatic N) is 1. The first-order valence-electron chi connectivity index (χ1n) is 8.77. The second-order valence-corrected chi connectivity index (χ2v) is 6.90. The van der Waals surface area contributed by atoms with E-state index >= 15 is 0 Å². The quantitative estimate of drug-likeness (QED) is 0.758. The Bertz CT molecular complexity index is 534. The zero-order valence-electron chi connectivity index (χ0n) is 14.1. The molecular weight excluding hydrogens is 356 g/mol. The van der Waals surface area contributed by atoms with Gasteiger partial charge in [0.1, 0.15) is 5.82 Å². The molecule has 2 fully saturated rings. The van der Waals surface area contributed by atoms with Gasteiger partial charge in [0.05, 0.1) is 5.56 Å². The van der Waals surface area contributed by atoms with Crippen molar-refractivity contribution >= 4 is 12.4 Å². The van der Waals surface area contributed by atoms with E-state index in [4.69, 9.17) is 0 Å². The number of halogens is 5. The van der Waals surface area contributed by atoms with Gasteiger partial charge >= 0.3 is 6.18 Å². The summed E-state index contributed by atoms with van der Waals surface area (Å²) in [4.78, 5) is 2.24. The third-order valence-corrected chi connectivity index (χ3v) is 5.23. The van der Waals surface area contributed by atoms with Crippen LogP contribution < -0.4 is 5.32 Å². The highest BCUT2D eigenvalue weighted by atomic mass is 35.5. The molecule has 0 amide bonds. The van der Waals surface area contributed by atoms with Crippen LogP contribution in [-0.4, -0.2) is 31.1 Å². The molecule has 25 heavy (non-hydrogen) atoms. The molecule has 1 aliphatic heterocycles. The van der Waals surface area contributed by atoms with E-state index < -0.39 is 17.6 Å². The lowest BCUT2D eigenvalue weighted by atomic mass is 9.80. The van der Waals surface area contributed by atoms with Crippen LogP contribution in [0, 0.1) is 11.7 Å². The van der Waals surface area contributed by atoms with Crippen LogP contribution in [0.2, 0.25) is 0 Å². The Labute approximate surface area is 152 Å². The van der Waals surface area contributed by atoms with Crippen molar-refractivity contribution in [2.75, 3.05) is 26.2 Å². The Morgan fingerprint density at radius 2 is 1.64 bits per heavy atom. The normalized spacial score (nSPS) is 21.6. The summed E-state index contributed by atoms with van der Waals surface area (Å²) in [5.41, 5.74) is -0.399. The summed E-state index contributed by atoms with van der Waals surface area (Å²) in [5.74, 6) is -0.490. The Morgan fingerprint density at radius 3 is 2.24 bits per heavy atom. The fourth-order valence-electron chi connectivity index (χ4n) is 4.14. The molecule has 0 radical (unpaired) electrons. The van der Waals surface area contributed by atoms with Crippen molar-refractivity contribution in [3.63, 3.8) is 0 Å². The molecule has 1 saturated heterocycles. The van der Waals surface area contributed by atoms with Gasteiger partial charge in [-0.3, -0.25) is 4.90 Å². The molecule has 1 saturated carbocycles. The molecule has 1 atom stereocenters. The number of benzene rings is 1. The molecule has 1 N–H and O–H groups in total. The maximum Gasteiger partial charge on any atom is 0.416 e. The van der Waals surface area contributed by atoms with Crippen LogP contribution in [0.15, 0.2) is 18.2 Å². The zero-order chi connectivity index (χ0) is 17.2. The standard InChI is InChI=1S/C18H24F4N2.ClH/c19-16-11-14(10-15(12-16)18(20,21)22)17(13-4-2-1-3-5-13)24-8-6-23-7-9-24;/h10-13,17,23H,1-9H2;1H/t17-;/m0./s1. The predicted octanol–water partition coefficient (Wildman–Crippen LogP) is 4.79. The van der Waals surface area contributed by atoms with Gasteiger partial charge in [-0.25, -0.2) is 4.39 Å². The first-order chi connectivity index (χ1) is 11.4. The van der Waals surface area contributed by atoms with Crippen LogP contribution in [0.3, 0.4) is 0 Å². The van der Waals surface area contributed by atoms with Crippen molar-refractivity contribution in [3.05, 3.63) is 35.1 Å². The van der Waals surface area contributed by atoms with Gasteiger partial charge in [-0.05, 0) is 42.5 Å². The average molecular weight is 381 g/mol. The SMILES string of the molecule is Cl.Fc1cc([C@H](C2CCCCC2)N2CCNCC2)cc(C(F)(F)F)c1. The Balaban J connectivity index is 0.00000225. The topological polar surface area (TPSA) is 15.3 Å². The molecule has 7 heteroatoms. The van der Waals surface area contributed by atoms with Gasteiger partial charge in [0.2, 0.25) is 0 Å². The lowest BCUT2D eigenvalue weighted by Crippen LogP contribution is -2.47. The van der Waals surface area contributed by atoms with Crippen molar-refractivity contribution in [3.8, 4) is 0 Å². The van der Waals surface area contributed by atoms with Crippen LogP contribution in [0.25, 0.3) is 0 Å². The lowest BCUT2D eigenvalue weighted by Gasteiger charge is -2.41. The number of rotatable bonds is 3. The summed E-state index contributed by atoms with van der Waals surface area (Å²) in [6.07, 6.45) is 0.890. The molecule has 0 bridgehead atoms. The summed E-state index contributed by atoms with van der Waals surface area (Å²) in [6.45, 7) is 3.23. The molecule has 2 nitrogen and oxygen atoms in total. The van der Waals surface area contributed by atoms with Gasteiger partial charge in [-0.15, -0.1) is 12.4 Å². The minimum absolute atomic E-state index is 0. The highest BCUT2D eigenvalue weighted by molar-refractivity contribution is 5.85. The summed E-state index contributed by atoms with van der Waals surface area (Å²) in [7, 11) is 0. The third-order valence-electron chi connectivity index (χ3n) is 5.23. The second-order valence-electron chi connectivity index (χ2n) is 6.90. The van der Waals surface area contributed by atoms with Crippen LogP contribution in [-0.2, 0) is 6.18 Å². The smallest absolute Gasteiger partial charge is 0.314 e. The van der Waals surface area contributed by atoms with Gasteiger partial charge in [0, 0.05) is 32.2 Å². The predicted molar refractivity (Wildman–Crippen MR) is 92.4 cm³/mol. The van der Waals surface area contributed by atoms with Gasteiger partial charge in [-0.2, -0.15) is 13.2 Å². The molecule has 1 aromatic rings. The van der Waals surface area contributed by atoms with Crippen molar-refractivity contribution in [2.24, 2.45) is 5.92 Å². The number of hydrogen-bond donors (Lipinski definition) is 1. The minimum Gasteiger partial charge on any atom is -0.314 e. The van der Waals surface area contributed by atoms with Crippen molar-refractivity contribution in [2.45, 2.75) is 44.3 Å². The molecule has 0 aromatic heterocycles. The fourth-order valence-corrected chi connectivity index (χ4v) is 4.14. The number of piperazine rings is 1. The maximum atomic E-state index is 13.9. The van der Waals surface area contributed by atoms with Crippen LogP contribution in [0.1, 0.15) is 49.3 Å². The van der Waals surface area contributed by atoms with Crippen molar-refractivity contribution in [1.82, 2.24) is 10.2 Å². The minimum atomic E-state index is -4.52. The van der Waals surface area contributed by atoms with Gasteiger partial charge < -0.3 is 5.32 Å². The molecule has 1 aromatic carbocycles. The molecule has 3 rings (SSSR count). The summed E-state index contributed by atoms with van der Waals surface area (Å²) in [6, 6.07) is 2.93. The van der Waals surface area contributed by atoms with E-state index in [1.807, 2.05) is 0 Å². The average Bonchev–Trinajstić information content (AvgIpc) is 2.56. The highest BCUT2D eigenvalue weighted by Crippen LogP contribution is 2.40. The summed E-state index contributed by atoms with van der Waals surface area (Å²) in [5, 5.41) is 3.28. The molecule has 0 spiro atoms. The van der Waals surface area contributed by atoms with E-state index in [1.54, 1.807) is 0 Å². The fraction of sp³-hybridized carbons (Fsp3) is 0.667. The Morgan fingerprint density at radius 1 is 1.00 bits per heavy atom. The van der Waals surface area contributed by atoms with E-state index in [0.29, 0.717) is 17.5 Å². The maximum absolute atomic E-state index is 13.9. The van der Waals surface area contributed by atoms with Crippen molar-refractivity contribution in [1.29, 1.82) is 0 Å². The molecule has 2 aliphatic rings. The van der Waals surface area contributed by atoms with Gasteiger partial charge in [0.25, 0.3) is 0 Å². The van der Waals surface area contributed by atoms with Gasteiger partial charge in [0.15, 0.2) is 0 Å². The van der Waals surface area contributed by atoms with Crippen molar-refractivity contribution < 1.29 is 17.6 Å². The molecule has 1 aliphatic carbocycles. The van der Waals surface area contributed by atoms with Crippen LogP contribution in [0.5, 0.6) is 0 Å². The Hall–Kier alpha value is -0.850. The molecule has 1 heterocycles. The van der Waals surface area contributed by atoms with E-state index in [9.17, 15) is 17.6 Å². The highest BCUT2D eigenvalue weighted by Gasteiger charge is 2.35. The number of hydrogen-bond acceptors (Lipinski definition) is 2. The lowest BCUT2D eigenvalue weighted by molar-refractivity contribution is -0.137. The number of nitrogens with one attached hydrogen (secondary N) is 1. The molecule has 0 unspecified atom stereocenters. The van der Waals surface area contributed by atoms with E-state index in [1.165, 1.54) is 12.5 Å². The Kier molecular flexibility index (Phi) is 7.11. The van der Waals surface area contributed by atoms with Crippen LogP contribution >= 0.6 is 12.4 Å². The van der Waals surface area contributed by atoms with Gasteiger partial charge in [-0.1, -0.05) is 19.3 Å². The first kappa shape index (κ1) is 20.5. The molecule has 142 valence electrons. The van der Waals surface area contributed by atoms with E-state index in [-0.39, 0.29) is 18.4 Å². The summed E-state index contributed by atoms with van der Waals surface area (Å²) < 4.78 is 53.2. The first-order valence-corrected chi connectivity index (χ1v) is 8.77. The zero-order valence-corrected chi connectivity index (χ0v) is 14.9. The monoisotopic (exact) mass is 380 g/mol. The summed E-state index contributed by atoms with van der Waals surface area (Å²) >= 11 is 0. The van der Waals surface area contributed by atoms with E-state index in [0.717, 1.165) is 57.9 Å². The molecular formula is C18H25ClF4N2. The van der Waals surface area contributed by atoms with Crippen LogP contribution in [0.4, 0.5) is 17.6 Å². The second kappa shape index (κ2) is 8.69.